The van der Waals surface area contributed by atoms with Crippen LogP contribution in [0.15, 0.2) is 57.8 Å². The van der Waals surface area contributed by atoms with Crippen molar-refractivity contribution < 1.29 is 21.6 Å². The lowest BCUT2D eigenvalue weighted by molar-refractivity contribution is 0.137. The van der Waals surface area contributed by atoms with Crippen LogP contribution in [0.4, 0.5) is 8.78 Å². The highest BCUT2D eigenvalue weighted by atomic mass is 32.2. The summed E-state index contributed by atoms with van der Waals surface area (Å²) in [5.74, 6) is -2.42. The van der Waals surface area contributed by atoms with E-state index in [1.165, 1.54) is 23.3 Å². The number of halogens is 2. The molecule has 29 heavy (non-hydrogen) atoms. The molecule has 152 valence electrons. The standard InChI is InChI=1S/C20H19F2N3O3S/c1-13-23-24-19(28-13)18-10-15-4-2-3-5-16(15)12-25(18)11-14-6-8-17(9-7-14)29(26,27)20(21)22/h2-9,18,20H,10-12H2,1H3. The van der Waals surface area contributed by atoms with Gasteiger partial charge in [-0.2, -0.15) is 8.78 Å². The monoisotopic (exact) mass is 419 g/mol. The predicted molar refractivity (Wildman–Crippen MR) is 101 cm³/mol. The Bertz CT molecular complexity index is 1110. The Labute approximate surface area is 167 Å². The fraction of sp³-hybridized carbons (Fsp3) is 0.300. The molecular formula is C20H19F2N3O3S. The first-order valence-electron chi connectivity index (χ1n) is 9.06. The van der Waals surface area contributed by atoms with Crippen molar-refractivity contribution in [3.05, 3.63) is 77.0 Å². The Morgan fingerprint density at radius 2 is 1.79 bits per heavy atom. The molecule has 0 bridgehead atoms. The Morgan fingerprint density at radius 3 is 2.41 bits per heavy atom. The van der Waals surface area contributed by atoms with Crippen molar-refractivity contribution in [2.45, 2.75) is 43.1 Å². The Balaban J connectivity index is 1.61. The third-order valence-electron chi connectivity index (χ3n) is 5.04. The van der Waals surface area contributed by atoms with Gasteiger partial charge in [0.25, 0.3) is 0 Å². The van der Waals surface area contributed by atoms with Crippen LogP contribution in [-0.2, 0) is 29.3 Å². The van der Waals surface area contributed by atoms with E-state index in [1.54, 1.807) is 19.1 Å². The number of aromatic nitrogens is 2. The van der Waals surface area contributed by atoms with E-state index in [9.17, 15) is 17.2 Å². The predicted octanol–water partition coefficient (Wildman–Crippen LogP) is 3.67. The van der Waals surface area contributed by atoms with Crippen molar-refractivity contribution >= 4 is 9.84 Å². The topological polar surface area (TPSA) is 76.3 Å². The average molecular weight is 419 g/mol. The number of hydrogen-bond acceptors (Lipinski definition) is 6. The SMILES string of the molecule is Cc1nnc(C2Cc3ccccc3CN2Cc2ccc(S(=O)(=O)C(F)F)cc2)o1. The Hall–Kier alpha value is -2.65. The molecule has 0 amide bonds. The Kier molecular flexibility index (Phi) is 5.18. The summed E-state index contributed by atoms with van der Waals surface area (Å²) in [7, 11) is -4.60. The minimum Gasteiger partial charge on any atom is -0.424 e. The Morgan fingerprint density at radius 1 is 1.10 bits per heavy atom. The summed E-state index contributed by atoms with van der Waals surface area (Å²) in [4.78, 5) is 1.77. The van der Waals surface area contributed by atoms with Crippen molar-refractivity contribution in [1.82, 2.24) is 15.1 Å². The maximum absolute atomic E-state index is 12.7. The number of nitrogens with zero attached hydrogens (tertiary/aromatic N) is 3. The zero-order valence-electron chi connectivity index (χ0n) is 15.6. The normalized spacial score (nSPS) is 17.4. The first-order chi connectivity index (χ1) is 13.8. The van der Waals surface area contributed by atoms with Gasteiger partial charge in [0, 0.05) is 20.0 Å². The lowest BCUT2D eigenvalue weighted by atomic mass is 9.93. The number of fused-ring (bicyclic) bond motifs is 1. The molecule has 1 atom stereocenters. The molecule has 3 aromatic rings. The van der Waals surface area contributed by atoms with Gasteiger partial charge >= 0.3 is 5.76 Å². The molecule has 1 unspecified atom stereocenters. The first-order valence-corrected chi connectivity index (χ1v) is 10.6. The van der Waals surface area contributed by atoms with E-state index < -0.39 is 15.6 Å². The van der Waals surface area contributed by atoms with Gasteiger partial charge in [0.2, 0.25) is 21.6 Å². The lowest BCUT2D eigenvalue weighted by Gasteiger charge is -2.35. The summed E-state index contributed by atoms with van der Waals surface area (Å²) < 4.78 is 54.4. The van der Waals surface area contributed by atoms with Crippen LogP contribution < -0.4 is 0 Å². The summed E-state index contributed by atoms with van der Waals surface area (Å²) in [6, 6.07) is 13.6. The molecular weight excluding hydrogens is 400 g/mol. The molecule has 1 aromatic heterocycles. The van der Waals surface area contributed by atoms with Gasteiger partial charge in [-0.15, -0.1) is 10.2 Å². The minimum absolute atomic E-state index is 0.129. The van der Waals surface area contributed by atoms with Gasteiger partial charge in [-0.1, -0.05) is 36.4 Å². The second kappa shape index (κ2) is 7.64. The number of hydrogen-bond donors (Lipinski definition) is 0. The molecule has 2 heterocycles. The maximum atomic E-state index is 12.7. The van der Waals surface area contributed by atoms with Crippen molar-refractivity contribution in [3.63, 3.8) is 0 Å². The van der Waals surface area contributed by atoms with E-state index in [2.05, 4.69) is 27.2 Å². The van der Waals surface area contributed by atoms with E-state index in [4.69, 9.17) is 4.42 Å². The van der Waals surface area contributed by atoms with Crippen molar-refractivity contribution in [1.29, 1.82) is 0 Å². The highest BCUT2D eigenvalue weighted by Crippen LogP contribution is 2.34. The molecule has 4 rings (SSSR count). The molecule has 0 aliphatic carbocycles. The summed E-state index contributed by atoms with van der Waals surface area (Å²) in [5.41, 5.74) is 3.21. The third kappa shape index (κ3) is 3.92. The van der Waals surface area contributed by atoms with Crippen LogP contribution in [0.5, 0.6) is 0 Å². The van der Waals surface area contributed by atoms with E-state index in [-0.39, 0.29) is 10.9 Å². The van der Waals surface area contributed by atoms with Crippen LogP contribution >= 0.6 is 0 Å². The molecule has 0 radical (unpaired) electrons. The average Bonchev–Trinajstić information content (AvgIpc) is 3.14. The van der Waals surface area contributed by atoms with Gasteiger partial charge in [0.15, 0.2) is 0 Å². The van der Waals surface area contributed by atoms with Gasteiger partial charge in [0.1, 0.15) is 0 Å². The largest absolute Gasteiger partial charge is 0.424 e. The number of sulfone groups is 1. The van der Waals surface area contributed by atoms with Crippen molar-refractivity contribution in [2.24, 2.45) is 0 Å². The van der Waals surface area contributed by atoms with Crippen LogP contribution in [-0.4, -0.2) is 29.3 Å². The quantitative estimate of drug-likeness (QED) is 0.628. The summed E-state index contributed by atoms with van der Waals surface area (Å²) in [6.45, 7) is 2.87. The van der Waals surface area contributed by atoms with Crippen LogP contribution in [0.2, 0.25) is 0 Å². The second-order valence-electron chi connectivity index (χ2n) is 7.00. The molecule has 0 saturated heterocycles. The molecule has 0 saturated carbocycles. The molecule has 1 aliphatic heterocycles. The van der Waals surface area contributed by atoms with Gasteiger partial charge in [-0.3, -0.25) is 4.90 Å². The molecule has 6 nitrogen and oxygen atoms in total. The second-order valence-corrected chi connectivity index (χ2v) is 8.92. The fourth-order valence-electron chi connectivity index (χ4n) is 3.56. The van der Waals surface area contributed by atoms with Crippen LogP contribution in [0, 0.1) is 6.92 Å². The maximum Gasteiger partial charge on any atom is 0.341 e. The van der Waals surface area contributed by atoms with Gasteiger partial charge in [-0.05, 0) is 35.2 Å². The molecule has 1 aliphatic rings. The highest BCUT2D eigenvalue weighted by molar-refractivity contribution is 7.91. The zero-order chi connectivity index (χ0) is 20.6. The third-order valence-corrected chi connectivity index (χ3v) is 6.44. The summed E-state index contributed by atoms with van der Waals surface area (Å²) in [6.07, 6.45) is 0.704. The number of alkyl halides is 2. The molecule has 0 fully saturated rings. The molecule has 2 aromatic carbocycles. The first kappa shape index (κ1) is 19.7. The number of rotatable bonds is 5. The molecule has 0 spiro atoms. The van der Waals surface area contributed by atoms with Gasteiger partial charge in [0.05, 0.1) is 10.9 Å². The van der Waals surface area contributed by atoms with E-state index in [1.807, 2.05) is 12.1 Å². The molecule has 0 N–H and O–H groups in total. The van der Waals surface area contributed by atoms with E-state index in [0.29, 0.717) is 31.3 Å². The number of aryl methyl sites for hydroxylation is 1. The van der Waals surface area contributed by atoms with Crippen LogP contribution in [0.3, 0.4) is 0 Å². The fourth-order valence-corrected chi connectivity index (χ4v) is 4.28. The van der Waals surface area contributed by atoms with Gasteiger partial charge < -0.3 is 4.42 Å². The van der Waals surface area contributed by atoms with E-state index in [0.717, 1.165) is 5.56 Å². The van der Waals surface area contributed by atoms with Crippen molar-refractivity contribution in [2.75, 3.05) is 0 Å². The smallest absolute Gasteiger partial charge is 0.341 e. The van der Waals surface area contributed by atoms with Gasteiger partial charge in [-0.25, -0.2) is 8.42 Å². The summed E-state index contributed by atoms with van der Waals surface area (Å²) in [5, 5.41) is 8.11. The lowest BCUT2D eigenvalue weighted by Crippen LogP contribution is -2.34. The zero-order valence-corrected chi connectivity index (χ0v) is 16.4. The molecule has 9 heteroatoms. The summed E-state index contributed by atoms with van der Waals surface area (Å²) >= 11 is 0. The van der Waals surface area contributed by atoms with Crippen molar-refractivity contribution in [3.8, 4) is 0 Å². The van der Waals surface area contributed by atoms with Crippen LogP contribution in [0.25, 0.3) is 0 Å². The highest BCUT2D eigenvalue weighted by Gasteiger charge is 2.31. The van der Waals surface area contributed by atoms with E-state index >= 15 is 0 Å². The minimum atomic E-state index is -4.60. The number of benzene rings is 2. The van der Waals surface area contributed by atoms with Crippen LogP contribution in [0.1, 0.15) is 34.5 Å².